The maximum absolute atomic E-state index is 5.80. The van der Waals surface area contributed by atoms with Crippen LogP contribution < -0.4 is 5.73 Å². The molecule has 3 rings (SSSR count). The number of anilines is 1. The van der Waals surface area contributed by atoms with E-state index in [9.17, 15) is 0 Å². The van der Waals surface area contributed by atoms with Crippen molar-refractivity contribution in [1.29, 1.82) is 0 Å². The first-order chi connectivity index (χ1) is 9.34. The summed E-state index contributed by atoms with van der Waals surface area (Å²) in [7, 11) is 0. The highest BCUT2D eigenvalue weighted by Crippen LogP contribution is 2.33. The van der Waals surface area contributed by atoms with E-state index in [1.807, 2.05) is 23.3 Å². The molecule has 5 nitrogen and oxygen atoms in total. The van der Waals surface area contributed by atoms with E-state index in [-0.39, 0.29) is 6.04 Å². The van der Waals surface area contributed by atoms with E-state index in [1.54, 1.807) is 6.20 Å². The van der Waals surface area contributed by atoms with Crippen LogP contribution in [0.25, 0.3) is 0 Å². The van der Waals surface area contributed by atoms with Crippen molar-refractivity contribution in [3.05, 3.63) is 42.5 Å². The molecule has 5 heteroatoms. The van der Waals surface area contributed by atoms with E-state index in [2.05, 4.69) is 22.2 Å². The first kappa shape index (κ1) is 12.2. The number of aromatic nitrogens is 3. The molecule has 2 aromatic heterocycles. The van der Waals surface area contributed by atoms with Crippen molar-refractivity contribution in [2.45, 2.75) is 18.9 Å². The fourth-order valence-electron chi connectivity index (χ4n) is 2.74. The van der Waals surface area contributed by atoms with E-state index in [1.165, 1.54) is 5.56 Å². The molecule has 1 fully saturated rings. The molecule has 0 saturated carbocycles. The maximum Gasteiger partial charge on any atom is 0.0800 e. The molecule has 0 bridgehead atoms. The summed E-state index contributed by atoms with van der Waals surface area (Å²) in [6, 6.07) is 4.32. The molecular weight excluding hydrogens is 240 g/mol. The van der Waals surface area contributed by atoms with Gasteiger partial charge in [0.25, 0.3) is 0 Å². The Morgan fingerprint density at radius 1 is 1.26 bits per heavy atom. The minimum atomic E-state index is 0.212. The molecule has 2 N–H and O–H groups in total. The zero-order chi connectivity index (χ0) is 13.1. The smallest absolute Gasteiger partial charge is 0.0800 e. The van der Waals surface area contributed by atoms with Crippen molar-refractivity contribution < 1.29 is 4.74 Å². The first-order valence-electron chi connectivity index (χ1n) is 6.62. The fourth-order valence-corrected chi connectivity index (χ4v) is 2.74. The van der Waals surface area contributed by atoms with E-state index in [0.717, 1.165) is 26.1 Å². The summed E-state index contributed by atoms with van der Waals surface area (Å²) < 4.78 is 7.43. The standard InChI is InChI=1S/C14H18N4O/c15-13-9-17-18(10-13)14(11-1-5-16-6-2-11)12-3-7-19-8-4-12/h1-2,5-6,9-10,12,14H,3-4,7-8,15H2. The Bertz CT molecular complexity index is 519. The summed E-state index contributed by atoms with van der Waals surface area (Å²) in [6.45, 7) is 1.64. The molecule has 0 aliphatic carbocycles. The Kier molecular flexibility index (Phi) is 3.46. The van der Waals surface area contributed by atoms with Crippen LogP contribution in [0.15, 0.2) is 36.9 Å². The molecular formula is C14H18N4O. The fraction of sp³-hybridized carbons (Fsp3) is 0.429. The van der Waals surface area contributed by atoms with Crippen molar-refractivity contribution in [2.75, 3.05) is 18.9 Å². The van der Waals surface area contributed by atoms with Crippen LogP contribution in [0.1, 0.15) is 24.4 Å². The van der Waals surface area contributed by atoms with Crippen LogP contribution in [-0.4, -0.2) is 28.0 Å². The van der Waals surface area contributed by atoms with Crippen LogP contribution in [0.3, 0.4) is 0 Å². The van der Waals surface area contributed by atoms with Gasteiger partial charge in [-0.05, 0) is 36.5 Å². The highest BCUT2D eigenvalue weighted by Gasteiger charge is 2.27. The number of ether oxygens (including phenoxy) is 1. The third kappa shape index (κ3) is 2.61. The van der Waals surface area contributed by atoms with Crippen molar-refractivity contribution in [1.82, 2.24) is 14.8 Å². The number of hydrogen-bond acceptors (Lipinski definition) is 4. The number of hydrogen-bond donors (Lipinski definition) is 1. The summed E-state index contributed by atoms with van der Waals surface area (Å²) >= 11 is 0. The van der Waals surface area contributed by atoms with Crippen molar-refractivity contribution in [3.63, 3.8) is 0 Å². The first-order valence-corrected chi connectivity index (χ1v) is 6.62. The SMILES string of the molecule is Nc1cnn(C(c2ccncc2)C2CCOCC2)c1. The summed E-state index contributed by atoms with van der Waals surface area (Å²) in [5.74, 6) is 0.524. The van der Waals surface area contributed by atoms with Gasteiger partial charge in [0.05, 0.1) is 17.9 Å². The van der Waals surface area contributed by atoms with Crippen molar-refractivity contribution in [3.8, 4) is 0 Å². The van der Waals surface area contributed by atoms with Gasteiger partial charge >= 0.3 is 0 Å². The lowest BCUT2D eigenvalue weighted by atomic mass is 9.87. The average molecular weight is 258 g/mol. The van der Waals surface area contributed by atoms with Gasteiger partial charge in [-0.15, -0.1) is 0 Å². The average Bonchev–Trinajstić information content (AvgIpc) is 2.88. The van der Waals surface area contributed by atoms with E-state index in [0.29, 0.717) is 11.6 Å². The Balaban J connectivity index is 1.95. The minimum absolute atomic E-state index is 0.212. The highest BCUT2D eigenvalue weighted by atomic mass is 16.5. The summed E-state index contributed by atoms with van der Waals surface area (Å²) in [5.41, 5.74) is 7.73. The molecule has 1 aliphatic heterocycles. The van der Waals surface area contributed by atoms with Gasteiger partial charge in [0.15, 0.2) is 0 Å². The van der Waals surface area contributed by atoms with Crippen LogP contribution in [0.4, 0.5) is 5.69 Å². The molecule has 1 aliphatic rings. The Morgan fingerprint density at radius 3 is 2.63 bits per heavy atom. The highest BCUT2D eigenvalue weighted by molar-refractivity contribution is 5.32. The van der Waals surface area contributed by atoms with Gasteiger partial charge in [0.1, 0.15) is 0 Å². The Hall–Kier alpha value is -1.88. The molecule has 2 aromatic rings. The van der Waals surface area contributed by atoms with Crippen LogP contribution in [-0.2, 0) is 4.74 Å². The predicted molar refractivity (Wildman–Crippen MR) is 72.6 cm³/mol. The summed E-state index contributed by atoms with van der Waals surface area (Å²) in [4.78, 5) is 4.09. The molecule has 0 spiro atoms. The van der Waals surface area contributed by atoms with Crippen LogP contribution in [0, 0.1) is 5.92 Å². The Labute approximate surface area is 112 Å². The molecule has 19 heavy (non-hydrogen) atoms. The molecule has 1 atom stereocenters. The summed E-state index contributed by atoms with van der Waals surface area (Å²) in [6.07, 6.45) is 9.36. The van der Waals surface area contributed by atoms with Gasteiger partial charge in [0.2, 0.25) is 0 Å². The zero-order valence-corrected chi connectivity index (χ0v) is 10.8. The topological polar surface area (TPSA) is 66.0 Å². The number of nitrogen functional groups attached to an aromatic ring is 1. The monoisotopic (exact) mass is 258 g/mol. The second-order valence-corrected chi connectivity index (χ2v) is 4.93. The molecule has 1 unspecified atom stereocenters. The molecule has 3 heterocycles. The third-order valence-corrected chi connectivity index (χ3v) is 3.67. The van der Waals surface area contributed by atoms with Crippen molar-refractivity contribution in [2.24, 2.45) is 5.92 Å². The number of nitrogens with two attached hydrogens (primary N) is 1. The summed E-state index contributed by atoms with van der Waals surface area (Å²) in [5, 5.41) is 4.40. The largest absolute Gasteiger partial charge is 0.396 e. The van der Waals surface area contributed by atoms with E-state index >= 15 is 0 Å². The number of nitrogens with zero attached hydrogens (tertiary/aromatic N) is 3. The van der Waals surface area contributed by atoms with Gasteiger partial charge in [-0.3, -0.25) is 9.67 Å². The second kappa shape index (κ2) is 5.40. The lowest BCUT2D eigenvalue weighted by Crippen LogP contribution is -2.27. The van der Waals surface area contributed by atoms with Gasteiger partial charge in [-0.25, -0.2) is 0 Å². The van der Waals surface area contributed by atoms with E-state index < -0.39 is 0 Å². The van der Waals surface area contributed by atoms with E-state index in [4.69, 9.17) is 10.5 Å². The van der Waals surface area contributed by atoms with Gasteiger partial charge < -0.3 is 10.5 Å². The van der Waals surface area contributed by atoms with Crippen LogP contribution >= 0.6 is 0 Å². The molecule has 0 aromatic carbocycles. The Morgan fingerprint density at radius 2 is 2.00 bits per heavy atom. The van der Waals surface area contributed by atoms with Crippen LogP contribution in [0.5, 0.6) is 0 Å². The van der Waals surface area contributed by atoms with Crippen LogP contribution in [0.2, 0.25) is 0 Å². The maximum atomic E-state index is 5.80. The number of rotatable bonds is 3. The van der Waals surface area contributed by atoms with Gasteiger partial charge in [-0.2, -0.15) is 5.10 Å². The quantitative estimate of drug-likeness (QED) is 0.912. The third-order valence-electron chi connectivity index (χ3n) is 3.67. The zero-order valence-electron chi connectivity index (χ0n) is 10.8. The predicted octanol–water partition coefficient (Wildman–Crippen LogP) is 1.88. The normalized spacial score (nSPS) is 18.3. The van der Waals surface area contributed by atoms with Gasteiger partial charge in [-0.1, -0.05) is 0 Å². The molecule has 0 radical (unpaired) electrons. The molecule has 0 amide bonds. The molecule has 1 saturated heterocycles. The minimum Gasteiger partial charge on any atom is -0.396 e. The second-order valence-electron chi connectivity index (χ2n) is 4.93. The van der Waals surface area contributed by atoms with Gasteiger partial charge in [0, 0.05) is 31.8 Å². The lowest BCUT2D eigenvalue weighted by molar-refractivity contribution is 0.0527. The number of pyridine rings is 1. The molecule has 100 valence electrons. The van der Waals surface area contributed by atoms with Crippen molar-refractivity contribution >= 4 is 5.69 Å². The lowest BCUT2D eigenvalue weighted by Gasteiger charge is -2.30.